The highest BCUT2D eigenvalue weighted by molar-refractivity contribution is 9.10. The van der Waals surface area contributed by atoms with E-state index >= 15 is 0 Å². The molecule has 2 aromatic carbocycles. The molecule has 116 valence electrons. The molecule has 0 saturated heterocycles. The van der Waals surface area contributed by atoms with Crippen LogP contribution >= 0.6 is 15.9 Å². The number of anilines is 1. The minimum absolute atomic E-state index is 0.0749. The van der Waals surface area contributed by atoms with Crippen LogP contribution in [0.4, 0.5) is 5.69 Å². The van der Waals surface area contributed by atoms with E-state index in [1.807, 2.05) is 55.5 Å². The van der Waals surface area contributed by atoms with Crippen LogP contribution in [0.5, 0.6) is 5.75 Å². The zero-order valence-corrected chi connectivity index (χ0v) is 14.2. The Morgan fingerprint density at radius 2 is 1.86 bits per heavy atom. The Bertz CT molecular complexity index is 646. The van der Waals surface area contributed by atoms with Crippen LogP contribution in [0.2, 0.25) is 0 Å². The van der Waals surface area contributed by atoms with E-state index < -0.39 is 0 Å². The Hall–Kier alpha value is -2.01. The van der Waals surface area contributed by atoms with Gasteiger partial charge in [0.25, 0.3) is 0 Å². The van der Waals surface area contributed by atoms with Crippen molar-refractivity contribution < 1.29 is 9.53 Å². The van der Waals surface area contributed by atoms with Gasteiger partial charge in [-0.05, 0) is 41.1 Å². The van der Waals surface area contributed by atoms with Crippen LogP contribution in [-0.2, 0) is 4.79 Å². The lowest BCUT2D eigenvalue weighted by atomic mass is 10.1. The van der Waals surface area contributed by atoms with Crippen molar-refractivity contribution in [2.75, 3.05) is 19.0 Å². The first-order valence-electron chi connectivity index (χ1n) is 7.02. The third-order valence-electron chi connectivity index (χ3n) is 3.30. The predicted molar refractivity (Wildman–Crippen MR) is 92.2 cm³/mol. The molecule has 0 aliphatic rings. The Kier molecular flexibility index (Phi) is 5.83. The monoisotopic (exact) mass is 362 g/mol. The van der Waals surface area contributed by atoms with Crippen molar-refractivity contribution in [1.29, 1.82) is 0 Å². The van der Waals surface area contributed by atoms with Crippen molar-refractivity contribution in [3.8, 4) is 5.75 Å². The number of halogens is 1. The van der Waals surface area contributed by atoms with Gasteiger partial charge in [0.15, 0.2) is 0 Å². The SMILES string of the molecule is COc1ccccc1C(C)NC(=O)CNc1ccccc1Br. The molecular weight excluding hydrogens is 344 g/mol. The summed E-state index contributed by atoms with van der Waals surface area (Å²) in [5, 5.41) is 6.07. The predicted octanol–water partition coefficient (Wildman–Crippen LogP) is 3.75. The lowest BCUT2D eigenvalue weighted by molar-refractivity contribution is -0.120. The van der Waals surface area contributed by atoms with E-state index in [0.29, 0.717) is 0 Å². The fourth-order valence-corrected chi connectivity index (χ4v) is 2.60. The van der Waals surface area contributed by atoms with Gasteiger partial charge in [0, 0.05) is 15.7 Å². The van der Waals surface area contributed by atoms with Crippen LogP contribution in [0.25, 0.3) is 0 Å². The van der Waals surface area contributed by atoms with Gasteiger partial charge in [0.1, 0.15) is 5.75 Å². The lowest BCUT2D eigenvalue weighted by Gasteiger charge is -2.17. The van der Waals surface area contributed by atoms with E-state index in [9.17, 15) is 4.79 Å². The molecule has 0 heterocycles. The van der Waals surface area contributed by atoms with Gasteiger partial charge >= 0.3 is 0 Å². The molecule has 0 saturated carbocycles. The first-order chi connectivity index (χ1) is 10.6. The van der Waals surface area contributed by atoms with Gasteiger partial charge in [0.2, 0.25) is 5.91 Å². The van der Waals surface area contributed by atoms with Crippen LogP contribution in [0.3, 0.4) is 0 Å². The minimum atomic E-state index is -0.121. The van der Waals surface area contributed by atoms with Crippen LogP contribution in [0, 0.1) is 0 Å². The summed E-state index contributed by atoms with van der Waals surface area (Å²) < 4.78 is 6.25. The van der Waals surface area contributed by atoms with Crippen molar-refractivity contribution in [3.63, 3.8) is 0 Å². The number of carbonyl (C=O) groups is 1. The number of hydrogen-bond acceptors (Lipinski definition) is 3. The molecule has 0 aliphatic heterocycles. The summed E-state index contributed by atoms with van der Waals surface area (Å²) in [6, 6.07) is 15.2. The average Bonchev–Trinajstić information content (AvgIpc) is 2.54. The Labute approximate surface area is 139 Å². The third-order valence-corrected chi connectivity index (χ3v) is 3.99. The Morgan fingerprint density at radius 3 is 2.59 bits per heavy atom. The summed E-state index contributed by atoms with van der Waals surface area (Å²) >= 11 is 3.44. The maximum atomic E-state index is 12.1. The largest absolute Gasteiger partial charge is 0.496 e. The number of methoxy groups -OCH3 is 1. The van der Waals surface area contributed by atoms with E-state index in [1.54, 1.807) is 7.11 Å². The molecule has 2 rings (SSSR count). The highest BCUT2D eigenvalue weighted by atomic mass is 79.9. The molecule has 2 N–H and O–H groups in total. The van der Waals surface area contributed by atoms with Gasteiger partial charge in [-0.3, -0.25) is 4.79 Å². The molecular formula is C17H19BrN2O2. The first-order valence-corrected chi connectivity index (χ1v) is 7.81. The Morgan fingerprint density at radius 1 is 1.18 bits per heavy atom. The number of hydrogen-bond donors (Lipinski definition) is 2. The summed E-state index contributed by atoms with van der Waals surface area (Å²) in [5.41, 5.74) is 1.85. The quantitative estimate of drug-likeness (QED) is 0.822. The number of para-hydroxylation sites is 2. The molecule has 0 aliphatic carbocycles. The third kappa shape index (κ3) is 4.24. The van der Waals surface area contributed by atoms with Crippen LogP contribution in [-0.4, -0.2) is 19.6 Å². The Balaban J connectivity index is 1.93. The topological polar surface area (TPSA) is 50.4 Å². The van der Waals surface area contributed by atoms with Gasteiger partial charge in [-0.15, -0.1) is 0 Å². The van der Waals surface area contributed by atoms with Crippen LogP contribution in [0.1, 0.15) is 18.5 Å². The second-order valence-corrected chi connectivity index (χ2v) is 5.72. The molecule has 4 nitrogen and oxygen atoms in total. The number of carbonyl (C=O) groups excluding carboxylic acids is 1. The van der Waals surface area contributed by atoms with Gasteiger partial charge in [-0.1, -0.05) is 30.3 Å². The smallest absolute Gasteiger partial charge is 0.239 e. The number of ether oxygens (including phenoxy) is 1. The molecule has 22 heavy (non-hydrogen) atoms. The number of amides is 1. The molecule has 0 radical (unpaired) electrons. The van der Waals surface area contributed by atoms with Crippen molar-refractivity contribution >= 4 is 27.5 Å². The molecule has 0 spiro atoms. The summed E-state index contributed by atoms with van der Waals surface area (Å²) in [6.07, 6.45) is 0. The van der Waals surface area contributed by atoms with Gasteiger partial charge in [0.05, 0.1) is 19.7 Å². The highest BCUT2D eigenvalue weighted by Crippen LogP contribution is 2.24. The van der Waals surface area contributed by atoms with Crippen LogP contribution in [0.15, 0.2) is 53.0 Å². The number of nitrogens with one attached hydrogen (secondary N) is 2. The van der Waals surface area contributed by atoms with E-state index in [0.717, 1.165) is 21.5 Å². The van der Waals surface area contributed by atoms with E-state index in [-0.39, 0.29) is 18.5 Å². The summed E-state index contributed by atoms with van der Waals surface area (Å²) in [5.74, 6) is 0.697. The molecule has 1 amide bonds. The highest BCUT2D eigenvalue weighted by Gasteiger charge is 2.13. The van der Waals surface area contributed by atoms with Gasteiger partial charge in [-0.2, -0.15) is 0 Å². The normalized spacial score (nSPS) is 11.6. The average molecular weight is 363 g/mol. The molecule has 5 heteroatoms. The number of rotatable bonds is 6. The van der Waals surface area contributed by atoms with Crippen LogP contribution < -0.4 is 15.4 Å². The number of benzene rings is 2. The fourth-order valence-electron chi connectivity index (χ4n) is 2.17. The van der Waals surface area contributed by atoms with Gasteiger partial charge < -0.3 is 15.4 Å². The van der Waals surface area contributed by atoms with E-state index in [2.05, 4.69) is 26.6 Å². The molecule has 1 atom stereocenters. The molecule has 1 unspecified atom stereocenters. The zero-order valence-electron chi connectivity index (χ0n) is 12.6. The molecule has 2 aromatic rings. The fraction of sp³-hybridized carbons (Fsp3) is 0.235. The summed E-state index contributed by atoms with van der Waals surface area (Å²) in [7, 11) is 1.63. The maximum absolute atomic E-state index is 12.1. The summed E-state index contributed by atoms with van der Waals surface area (Å²) in [6.45, 7) is 2.15. The van der Waals surface area contributed by atoms with Gasteiger partial charge in [-0.25, -0.2) is 0 Å². The minimum Gasteiger partial charge on any atom is -0.496 e. The zero-order chi connectivity index (χ0) is 15.9. The lowest BCUT2D eigenvalue weighted by Crippen LogP contribution is -2.32. The van der Waals surface area contributed by atoms with Crippen molar-refractivity contribution in [2.24, 2.45) is 0 Å². The second-order valence-electron chi connectivity index (χ2n) is 4.86. The molecule has 0 fully saturated rings. The van der Waals surface area contributed by atoms with E-state index in [1.165, 1.54) is 0 Å². The second kappa shape index (κ2) is 7.84. The summed E-state index contributed by atoms with van der Waals surface area (Å²) in [4.78, 5) is 12.1. The van der Waals surface area contributed by atoms with Crippen molar-refractivity contribution in [1.82, 2.24) is 5.32 Å². The van der Waals surface area contributed by atoms with Crippen molar-refractivity contribution in [2.45, 2.75) is 13.0 Å². The van der Waals surface area contributed by atoms with Crippen molar-refractivity contribution in [3.05, 3.63) is 58.6 Å². The van der Waals surface area contributed by atoms with E-state index in [4.69, 9.17) is 4.74 Å². The molecule has 0 aromatic heterocycles. The maximum Gasteiger partial charge on any atom is 0.239 e. The first kappa shape index (κ1) is 16.4. The molecule has 0 bridgehead atoms. The standard InChI is InChI=1S/C17H19BrN2O2/c1-12(13-7-3-6-10-16(13)22-2)20-17(21)11-19-15-9-5-4-8-14(15)18/h3-10,12,19H,11H2,1-2H3,(H,20,21).